The normalized spacial score (nSPS) is 10.2. The molecular formula is C13H12Br2N2O. The van der Waals surface area contributed by atoms with Crippen LogP contribution in [0.5, 0.6) is 5.75 Å². The van der Waals surface area contributed by atoms with Gasteiger partial charge < -0.3 is 10.1 Å². The smallest absolute Gasteiger partial charge is 0.144 e. The Morgan fingerprint density at radius 1 is 1.17 bits per heavy atom. The minimum Gasteiger partial charge on any atom is -0.496 e. The molecule has 0 spiro atoms. The maximum atomic E-state index is 5.19. The number of nitrogens with zero attached hydrogens (tertiary/aromatic N) is 1. The Balaban J connectivity index is 2.26. The van der Waals surface area contributed by atoms with Crippen molar-refractivity contribution in [3.8, 4) is 5.75 Å². The van der Waals surface area contributed by atoms with Crippen LogP contribution < -0.4 is 10.1 Å². The largest absolute Gasteiger partial charge is 0.496 e. The van der Waals surface area contributed by atoms with Crippen molar-refractivity contribution in [2.75, 3.05) is 12.4 Å². The summed E-state index contributed by atoms with van der Waals surface area (Å²) in [6, 6.07) is 7.81. The number of aryl methyl sites for hydroxylation is 1. The molecule has 2 rings (SSSR count). The van der Waals surface area contributed by atoms with Crippen molar-refractivity contribution in [1.82, 2.24) is 4.98 Å². The van der Waals surface area contributed by atoms with Crippen LogP contribution in [0.4, 0.5) is 11.5 Å². The number of hydrogen-bond acceptors (Lipinski definition) is 3. The maximum absolute atomic E-state index is 5.19. The molecule has 0 radical (unpaired) electrons. The SMILES string of the molecule is COc1ccc(Nc2ncc(C)cc2Br)cc1Br. The molecule has 0 aliphatic carbocycles. The van der Waals surface area contributed by atoms with Gasteiger partial charge in [0.15, 0.2) is 0 Å². The lowest BCUT2D eigenvalue weighted by Crippen LogP contribution is -1.95. The van der Waals surface area contributed by atoms with Crippen LogP contribution in [0, 0.1) is 6.92 Å². The van der Waals surface area contributed by atoms with E-state index in [0.717, 1.165) is 31.8 Å². The molecule has 5 heteroatoms. The molecule has 1 aromatic carbocycles. The third-order valence-electron chi connectivity index (χ3n) is 2.39. The molecule has 0 amide bonds. The number of nitrogens with one attached hydrogen (secondary N) is 1. The van der Waals surface area contributed by atoms with Gasteiger partial charge in [0, 0.05) is 11.9 Å². The molecule has 1 heterocycles. The van der Waals surface area contributed by atoms with Crippen LogP contribution >= 0.6 is 31.9 Å². The number of aromatic nitrogens is 1. The highest BCUT2D eigenvalue weighted by Gasteiger charge is 2.05. The Morgan fingerprint density at radius 3 is 2.56 bits per heavy atom. The molecule has 0 saturated carbocycles. The average Bonchev–Trinajstić information content (AvgIpc) is 2.33. The van der Waals surface area contributed by atoms with Crippen LogP contribution in [0.15, 0.2) is 39.4 Å². The Labute approximate surface area is 123 Å². The first-order chi connectivity index (χ1) is 8.60. The van der Waals surface area contributed by atoms with Crippen molar-refractivity contribution in [2.24, 2.45) is 0 Å². The highest BCUT2D eigenvalue weighted by atomic mass is 79.9. The van der Waals surface area contributed by atoms with Crippen molar-refractivity contribution in [3.63, 3.8) is 0 Å². The molecule has 0 atom stereocenters. The molecule has 0 saturated heterocycles. The first kappa shape index (κ1) is 13.4. The Hall–Kier alpha value is -1.07. The molecule has 0 aliphatic rings. The second-order valence-electron chi connectivity index (χ2n) is 3.82. The summed E-state index contributed by atoms with van der Waals surface area (Å²) in [4.78, 5) is 4.34. The number of anilines is 2. The molecular weight excluding hydrogens is 360 g/mol. The molecule has 1 N–H and O–H groups in total. The number of rotatable bonds is 3. The third-order valence-corrected chi connectivity index (χ3v) is 3.62. The number of halogens is 2. The standard InChI is InChI=1S/C13H12Br2N2O/c1-8-5-11(15)13(16-7-8)17-9-3-4-12(18-2)10(14)6-9/h3-7H,1-2H3,(H,16,17). The summed E-state index contributed by atoms with van der Waals surface area (Å²) in [5.41, 5.74) is 2.06. The van der Waals surface area contributed by atoms with Crippen LogP contribution in [0.3, 0.4) is 0 Å². The molecule has 1 aromatic heterocycles. The Bertz CT molecular complexity index is 573. The summed E-state index contributed by atoms with van der Waals surface area (Å²) in [6.07, 6.45) is 1.83. The summed E-state index contributed by atoms with van der Waals surface area (Å²) >= 11 is 6.94. The van der Waals surface area contributed by atoms with E-state index >= 15 is 0 Å². The zero-order valence-electron chi connectivity index (χ0n) is 10.00. The predicted molar refractivity (Wildman–Crippen MR) is 80.7 cm³/mol. The van der Waals surface area contributed by atoms with Crippen molar-refractivity contribution in [1.29, 1.82) is 0 Å². The van der Waals surface area contributed by atoms with Gasteiger partial charge in [-0.05, 0) is 68.6 Å². The van der Waals surface area contributed by atoms with Crippen LogP contribution in [0.25, 0.3) is 0 Å². The lowest BCUT2D eigenvalue weighted by Gasteiger charge is -2.10. The van der Waals surface area contributed by atoms with Crippen molar-refractivity contribution in [2.45, 2.75) is 6.92 Å². The van der Waals surface area contributed by atoms with E-state index in [1.54, 1.807) is 7.11 Å². The van der Waals surface area contributed by atoms with Crippen molar-refractivity contribution >= 4 is 43.4 Å². The summed E-state index contributed by atoms with van der Waals surface area (Å²) < 4.78 is 7.03. The summed E-state index contributed by atoms with van der Waals surface area (Å²) in [6.45, 7) is 2.01. The van der Waals surface area contributed by atoms with E-state index in [1.165, 1.54) is 0 Å². The van der Waals surface area contributed by atoms with Gasteiger partial charge in [-0.1, -0.05) is 0 Å². The number of pyridine rings is 1. The summed E-state index contributed by atoms with van der Waals surface area (Å²) in [5.74, 6) is 1.59. The number of benzene rings is 1. The predicted octanol–water partition coefficient (Wildman–Crippen LogP) is 4.67. The van der Waals surface area contributed by atoms with Crippen LogP contribution in [-0.4, -0.2) is 12.1 Å². The molecule has 3 nitrogen and oxygen atoms in total. The van der Waals surface area contributed by atoms with Gasteiger partial charge in [0.25, 0.3) is 0 Å². The van der Waals surface area contributed by atoms with Gasteiger partial charge in [0.1, 0.15) is 11.6 Å². The van der Waals surface area contributed by atoms with E-state index in [0.29, 0.717) is 0 Å². The van der Waals surface area contributed by atoms with Crippen molar-refractivity contribution < 1.29 is 4.74 Å². The van der Waals surface area contributed by atoms with Gasteiger partial charge in [0.05, 0.1) is 16.1 Å². The van der Waals surface area contributed by atoms with Gasteiger partial charge in [0.2, 0.25) is 0 Å². The van der Waals surface area contributed by atoms with Crippen LogP contribution in [-0.2, 0) is 0 Å². The van der Waals surface area contributed by atoms with Gasteiger partial charge in [-0.2, -0.15) is 0 Å². The average molecular weight is 372 g/mol. The number of ether oxygens (including phenoxy) is 1. The summed E-state index contributed by atoms with van der Waals surface area (Å²) in [5, 5.41) is 3.25. The van der Waals surface area contributed by atoms with E-state index in [4.69, 9.17) is 4.74 Å². The molecule has 0 unspecified atom stereocenters. The number of hydrogen-bond donors (Lipinski definition) is 1. The highest BCUT2D eigenvalue weighted by molar-refractivity contribution is 9.11. The molecule has 0 fully saturated rings. The summed E-state index contributed by atoms with van der Waals surface area (Å²) in [7, 11) is 1.64. The third kappa shape index (κ3) is 3.03. The van der Waals surface area contributed by atoms with E-state index in [1.807, 2.05) is 37.4 Å². The minimum absolute atomic E-state index is 0.790. The lowest BCUT2D eigenvalue weighted by atomic mass is 10.3. The quantitative estimate of drug-likeness (QED) is 0.851. The van der Waals surface area contributed by atoms with Crippen LogP contribution in [0.1, 0.15) is 5.56 Å². The van der Waals surface area contributed by atoms with Gasteiger partial charge in [-0.3, -0.25) is 0 Å². The Kier molecular flexibility index (Phi) is 4.24. The van der Waals surface area contributed by atoms with E-state index in [9.17, 15) is 0 Å². The molecule has 94 valence electrons. The second-order valence-corrected chi connectivity index (χ2v) is 5.53. The highest BCUT2D eigenvalue weighted by Crippen LogP contribution is 2.30. The molecule has 0 aliphatic heterocycles. The van der Waals surface area contributed by atoms with Gasteiger partial charge in [-0.25, -0.2) is 4.98 Å². The van der Waals surface area contributed by atoms with E-state index < -0.39 is 0 Å². The molecule has 0 bridgehead atoms. The lowest BCUT2D eigenvalue weighted by molar-refractivity contribution is 0.412. The Morgan fingerprint density at radius 2 is 1.94 bits per heavy atom. The molecule has 18 heavy (non-hydrogen) atoms. The van der Waals surface area contributed by atoms with Gasteiger partial charge >= 0.3 is 0 Å². The zero-order valence-corrected chi connectivity index (χ0v) is 13.2. The second kappa shape index (κ2) is 5.71. The topological polar surface area (TPSA) is 34.1 Å². The van der Waals surface area contributed by atoms with E-state index in [2.05, 4.69) is 42.2 Å². The van der Waals surface area contributed by atoms with Gasteiger partial charge in [-0.15, -0.1) is 0 Å². The minimum atomic E-state index is 0.790. The fourth-order valence-electron chi connectivity index (χ4n) is 1.51. The van der Waals surface area contributed by atoms with Crippen LogP contribution in [0.2, 0.25) is 0 Å². The van der Waals surface area contributed by atoms with E-state index in [-0.39, 0.29) is 0 Å². The zero-order chi connectivity index (χ0) is 13.1. The van der Waals surface area contributed by atoms with Crippen molar-refractivity contribution in [3.05, 3.63) is 45.0 Å². The number of methoxy groups -OCH3 is 1. The first-order valence-electron chi connectivity index (χ1n) is 5.33. The first-order valence-corrected chi connectivity index (χ1v) is 6.91. The molecule has 2 aromatic rings. The fourth-order valence-corrected chi connectivity index (χ4v) is 2.61. The maximum Gasteiger partial charge on any atom is 0.144 e. The monoisotopic (exact) mass is 370 g/mol. The fraction of sp³-hybridized carbons (Fsp3) is 0.154.